The molecule has 1 atom stereocenters. The van der Waals surface area contributed by atoms with E-state index >= 15 is 0 Å². The standard InChI is InChI=1S/C19H23N3O2/c1-21-19(24)14-6-4-13(5-7-14)12-22-10-2-3-15-11-16(18(20)23)8-9-17(15)22/h4-9,11,18,23H,2-3,10,12,20H2,1H3,(H,21,24). The minimum Gasteiger partial charge on any atom is -0.375 e. The molecule has 24 heavy (non-hydrogen) atoms. The second-order valence-corrected chi connectivity index (χ2v) is 6.13. The topological polar surface area (TPSA) is 78.6 Å². The number of hydrogen-bond acceptors (Lipinski definition) is 4. The molecule has 0 fully saturated rings. The fourth-order valence-electron chi connectivity index (χ4n) is 3.17. The van der Waals surface area contributed by atoms with Crippen molar-refractivity contribution in [3.63, 3.8) is 0 Å². The summed E-state index contributed by atoms with van der Waals surface area (Å²) in [5.74, 6) is -0.0715. The fourth-order valence-corrected chi connectivity index (χ4v) is 3.17. The van der Waals surface area contributed by atoms with Crippen LogP contribution in [0, 0.1) is 0 Å². The van der Waals surface area contributed by atoms with Gasteiger partial charge in [-0.05, 0) is 53.8 Å². The van der Waals surface area contributed by atoms with Crippen LogP contribution in [-0.4, -0.2) is 24.6 Å². The van der Waals surface area contributed by atoms with Crippen LogP contribution in [0.15, 0.2) is 42.5 Å². The van der Waals surface area contributed by atoms with Crippen LogP contribution in [0.25, 0.3) is 0 Å². The zero-order valence-corrected chi connectivity index (χ0v) is 13.8. The molecular weight excluding hydrogens is 302 g/mol. The Morgan fingerprint density at radius 2 is 2.04 bits per heavy atom. The Morgan fingerprint density at radius 1 is 1.29 bits per heavy atom. The van der Waals surface area contributed by atoms with Crippen molar-refractivity contribution in [3.8, 4) is 0 Å². The molecule has 5 nitrogen and oxygen atoms in total. The normalized spacial score (nSPS) is 14.9. The van der Waals surface area contributed by atoms with Gasteiger partial charge in [0.25, 0.3) is 5.91 Å². The molecule has 2 aromatic carbocycles. The predicted molar refractivity (Wildman–Crippen MR) is 94.8 cm³/mol. The van der Waals surface area contributed by atoms with Crippen LogP contribution in [0.3, 0.4) is 0 Å². The number of nitrogens with one attached hydrogen (secondary N) is 1. The number of anilines is 1. The molecule has 0 saturated heterocycles. The first kappa shape index (κ1) is 16.5. The lowest BCUT2D eigenvalue weighted by Crippen LogP contribution is -2.29. The van der Waals surface area contributed by atoms with Gasteiger partial charge in [0.2, 0.25) is 0 Å². The summed E-state index contributed by atoms with van der Waals surface area (Å²) in [4.78, 5) is 13.9. The van der Waals surface area contributed by atoms with Gasteiger partial charge in [-0.3, -0.25) is 4.79 Å². The van der Waals surface area contributed by atoms with Gasteiger partial charge in [0.1, 0.15) is 6.23 Å². The number of carbonyl (C=O) groups excluding carboxylic acids is 1. The maximum atomic E-state index is 11.6. The van der Waals surface area contributed by atoms with Crippen molar-refractivity contribution < 1.29 is 9.90 Å². The van der Waals surface area contributed by atoms with Crippen LogP contribution in [0.1, 0.15) is 39.7 Å². The van der Waals surface area contributed by atoms with Gasteiger partial charge in [-0.25, -0.2) is 0 Å². The van der Waals surface area contributed by atoms with Gasteiger partial charge in [-0.15, -0.1) is 0 Å². The van der Waals surface area contributed by atoms with E-state index in [1.807, 2.05) is 42.5 Å². The third kappa shape index (κ3) is 3.42. The van der Waals surface area contributed by atoms with Crippen molar-refractivity contribution in [2.75, 3.05) is 18.5 Å². The number of amides is 1. The average Bonchev–Trinajstić information content (AvgIpc) is 2.61. The summed E-state index contributed by atoms with van der Waals surface area (Å²) in [6.07, 6.45) is 1.15. The molecule has 1 amide bonds. The number of fused-ring (bicyclic) bond motifs is 1. The molecule has 4 N–H and O–H groups in total. The average molecular weight is 325 g/mol. The molecule has 0 aliphatic carbocycles. The van der Waals surface area contributed by atoms with Crippen LogP contribution < -0.4 is 16.0 Å². The summed E-state index contributed by atoms with van der Waals surface area (Å²) in [5.41, 5.74) is 10.6. The maximum Gasteiger partial charge on any atom is 0.251 e. The quantitative estimate of drug-likeness (QED) is 0.751. The van der Waals surface area contributed by atoms with E-state index in [0.29, 0.717) is 5.56 Å². The molecule has 0 saturated carbocycles. The number of aliphatic hydroxyl groups is 1. The van der Waals surface area contributed by atoms with E-state index in [9.17, 15) is 9.90 Å². The van der Waals surface area contributed by atoms with Gasteiger partial charge in [-0.2, -0.15) is 0 Å². The number of hydrogen-bond donors (Lipinski definition) is 3. The van der Waals surface area contributed by atoms with Crippen molar-refractivity contribution in [2.45, 2.75) is 25.6 Å². The summed E-state index contributed by atoms with van der Waals surface area (Å²) in [5, 5.41) is 12.2. The van der Waals surface area contributed by atoms with E-state index in [1.165, 1.54) is 16.8 Å². The second-order valence-electron chi connectivity index (χ2n) is 6.13. The highest BCUT2D eigenvalue weighted by Crippen LogP contribution is 2.30. The molecule has 0 bridgehead atoms. The fraction of sp³-hybridized carbons (Fsp3) is 0.316. The minimum absolute atomic E-state index is 0.0715. The lowest BCUT2D eigenvalue weighted by atomic mass is 9.98. The summed E-state index contributed by atoms with van der Waals surface area (Å²) in [6, 6.07) is 13.6. The molecule has 0 spiro atoms. The first-order valence-electron chi connectivity index (χ1n) is 8.21. The number of benzene rings is 2. The minimum atomic E-state index is -0.928. The van der Waals surface area contributed by atoms with Crippen LogP contribution in [0.2, 0.25) is 0 Å². The van der Waals surface area contributed by atoms with Crippen LogP contribution in [0.4, 0.5) is 5.69 Å². The molecule has 3 rings (SSSR count). The Balaban J connectivity index is 1.78. The summed E-state index contributed by atoms with van der Waals surface area (Å²) < 4.78 is 0. The molecule has 0 aromatic heterocycles. The Labute approximate surface area is 142 Å². The van der Waals surface area contributed by atoms with Crippen LogP contribution >= 0.6 is 0 Å². The van der Waals surface area contributed by atoms with Gasteiger partial charge in [-0.1, -0.05) is 18.2 Å². The summed E-state index contributed by atoms with van der Waals surface area (Å²) in [7, 11) is 1.63. The van der Waals surface area contributed by atoms with Crippen molar-refractivity contribution in [1.29, 1.82) is 0 Å². The Bertz CT molecular complexity index is 726. The SMILES string of the molecule is CNC(=O)c1ccc(CN2CCCc3cc(C(N)O)ccc32)cc1. The van der Waals surface area contributed by atoms with Crippen LogP contribution in [0.5, 0.6) is 0 Å². The Hall–Kier alpha value is -2.37. The lowest BCUT2D eigenvalue weighted by molar-refractivity contribution is 0.0963. The van der Waals surface area contributed by atoms with E-state index in [2.05, 4.69) is 10.2 Å². The smallest absolute Gasteiger partial charge is 0.251 e. The molecule has 0 radical (unpaired) electrons. The van der Waals surface area contributed by atoms with E-state index in [4.69, 9.17) is 5.73 Å². The first-order valence-corrected chi connectivity index (χ1v) is 8.21. The highest BCUT2D eigenvalue weighted by molar-refractivity contribution is 5.93. The number of aryl methyl sites for hydroxylation is 1. The molecule has 1 unspecified atom stereocenters. The van der Waals surface area contributed by atoms with Crippen molar-refractivity contribution >= 4 is 11.6 Å². The molecule has 5 heteroatoms. The predicted octanol–water partition coefficient (Wildman–Crippen LogP) is 1.95. The number of nitrogens with zero attached hydrogens (tertiary/aromatic N) is 1. The Kier molecular flexibility index (Phi) is 4.83. The zero-order valence-electron chi connectivity index (χ0n) is 13.8. The molecule has 1 aliphatic rings. The zero-order chi connectivity index (χ0) is 17.1. The van der Waals surface area contributed by atoms with Crippen LogP contribution in [-0.2, 0) is 13.0 Å². The van der Waals surface area contributed by atoms with Gasteiger partial charge < -0.3 is 21.1 Å². The van der Waals surface area contributed by atoms with Gasteiger partial charge in [0.05, 0.1) is 0 Å². The van der Waals surface area contributed by atoms with E-state index in [1.54, 1.807) is 7.05 Å². The number of rotatable bonds is 4. The third-order valence-electron chi connectivity index (χ3n) is 4.48. The van der Waals surface area contributed by atoms with E-state index < -0.39 is 6.23 Å². The second kappa shape index (κ2) is 7.03. The van der Waals surface area contributed by atoms with E-state index in [-0.39, 0.29) is 5.91 Å². The van der Waals surface area contributed by atoms with Gasteiger partial charge in [0.15, 0.2) is 0 Å². The first-order chi connectivity index (χ1) is 11.6. The van der Waals surface area contributed by atoms with Crippen molar-refractivity contribution in [1.82, 2.24) is 5.32 Å². The summed E-state index contributed by atoms with van der Waals surface area (Å²) in [6.45, 7) is 1.79. The number of carbonyl (C=O) groups is 1. The highest BCUT2D eigenvalue weighted by atomic mass is 16.3. The largest absolute Gasteiger partial charge is 0.375 e. The van der Waals surface area contributed by atoms with Crippen molar-refractivity contribution in [3.05, 3.63) is 64.7 Å². The van der Waals surface area contributed by atoms with Gasteiger partial charge in [0, 0.05) is 31.4 Å². The van der Waals surface area contributed by atoms with Crippen molar-refractivity contribution in [2.24, 2.45) is 5.73 Å². The van der Waals surface area contributed by atoms with E-state index in [0.717, 1.165) is 31.5 Å². The van der Waals surface area contributed by atoms with Gasteiger partial charge >= 0.3 is 0 Å². The monoisotopic (exact) mass is 325 g/mol. The maximum absolute atomic E-state index is 11.6. The molecule has 2 aromatic rings. The summed E-state index contributed by atoms with van der Waals surface area (Å²) >= 11 is 0. The molecule has 1 heterocycles. The third-order valence-corrected chi connectivity index (χ3v) is 4.48. The number of aliphatic hydroxyl groups excluding tert-OH is 1. The number of nitrogens with two attached hydrogens (primary N) is 1. The molecule has 1 aliphatic heterocycles. The lowest BCUT2D eigenvalue weighted by Gasteiger charge is -2.32. The molecule has 126 valence electrons. The highest BCUT2D eigenvalue weighted by Gasteiger charge is 2.18. The Morgan fingerprint density at radius 3 is 2.71 bits per heavy atom. The molecular formula is C19H23N3O2.